The third-order valence-corrected chi connectivity index (χ3v) is 2.46. The van der Waals surface area contributed by atoms with Gasteiger partial charge in [0.2, 0.25) is 11.8 Å². The van der Waals surface area contributed by atoms with Crippen molar-refractivity contribution in [3.63, 3.8) is 0 Å². The van der Waals surface area contributed by atoms with Crippen molar-refractivity contribution in [2.45, 2.75) is 19.8 Å². The fourth-order valence-electron chi connectivity index (χ4n) is 1.65. The lowest BCUT2D eigenvalue weighted by Gasteiger charge is -2.21. The molecule has 1 rings (SSSR count). The lowest BCUT2D eigenvalue weighted by atomic mass is 9.99. The predicted molar refractivity (Wildman–Crippen MR) is 64.5 cm³/mol. The monoisotopic (exact) mass is 249 g/mol. The maximum atomic E-state index is 11.6. The molecule has 1 saturated heterocycles. The van der Waals surface area contributed by atoms with Crippen LogP contribution in [-0.2, 0) is 9.59 Å². The topological polar surface area (TPSA) is 70.2 Å². The summed E-state index contributed by atoms with van der Waals surface area (Å²) in [6, 6.07) is 0. The van der Waals surface area contributed by atoms with Crippen molar-refractivity contribution in [3.8, 4) is 0 Å². The van der Waals surface area contributed by atoms with Gasteiger partial charge in [0.15, 0.2) is 0 Å². The fraction of sp³-hybridized carbons (Fsp3) is 0.800. The molecule has 0 aromatic carbocycles. The first kappa shape index (κ1) is 15.2. The average molecular weight is 250 g/mol. The Morgan fingerprint density at radius 2 is 2.12 bits per heavy atom. The van der Waals surface area contributed by atoms with Crippen LogP contribution in [0.3, 0.4) is 0 Å². The lowest BCUT2D eigenvalue weighted by Crippen LogP contribution is -2.44. The molecule has 0 aromatic heterocycles. The lowest BCUT2D eigenvalue weighted by molar-refractivity contribution is -0.128. The molecule has 1 fully saturated rings. The molecule has 3 N–H and O–H groups in total. The highest BCUT2D eigenvalue weighted by molar-refractivity contribution is 5.86. The van der Waals surface area contributed by atoms with E-state index in [0.29, 0.717) is 6.54 Å². The van der Waals surface area contributed by atoms with E-state index in [0.717, 1.165) is 25.9 Å². The molecule has 0 aromatic rings. The zero-order valence-corrected chi connectivity index (χ0v) is 10.4. The molecule has 0 radical (unpaired) electrons. The Morgan fingerprint density at radius 1 is 1.38 bits per heavy atom. The molecule has 1 aliphatic heterocycles. The number of rotatable bonds is 4. The van der Waals surface area contributed by atoms with Gasteiger partial charge in [-0.05, 0) is 26.3 Å². The van der Waals surface area contributed by atoms with Gasteiger partial charge in [-0.15, -0.1) is 12.4 Å². The van der Waals surface area contributed by atoms with Crippen LogP contribution in [0.15, 0.2) is 0 Å². The summed E-state index contributed by atoms with van der Waals surface area (Å²) in [4.78, 5) is 22.7. The Kier molecular flexibility index (Phi) is 7.93. The van der Waals surface area contributed by atoms with Crippen molar-refractivity contribution in [2.75, 3.05) is 26.2 Å². The van der Waals surface area contributed by atoms with Crippen LogP contribution >= 0.6 is 12.4 Å². The van der Waals surface area contributed by atoms with E-state index in [1.165, 1.54) is 0 Å². The van der Waals surface area contributed by atoms with Crippen molar-refractivity contribution in [3.05, 3.63) is 0 Å². The summed E-state index contributed by atoms with van der Waals surface area (Å²) in [5.74, 6) is -0.128. The van der Waals surface area contributed by atoms with Crippen LogP contribution < -0.4 is 16.0 Å². The SMILES string of the molecule is CCNC(=O)CNC(=O)[C@@H]1CCCNC1.Cl. The number of halogens is 1. The van der Waals surface area contributed by atoms with Crippen LogP contribution in [-0.4, -0.2) is 38.0 Å². The van der Waals surface area contributed by atoms with Gasteiger partial charge >= 0.3 is 0 Å². The Balaban J connectivity index is 0.00000225. The number of piperidine rings is 1. The second-order valence-electron chi connectivity index (χ2n) is 3.71. The first-order valence-corrected chi connectivity index (χ1v) is 5.49. The first-order valence-electron chi connectivity index (χ1n) is 5.49. The fourth-order valence-corrected chi connectivity index (χ4v) is 1.65. The summed E-state index contributed by atoms with van der Waals surface area (Å²) in [6.07, 6.45) is 1.94. The van der Waals surface area contributed by atoms with E-state index < -0.39 is 0 Å². The van der Waals surface area contributed by atoms with Crippen molar-refractivity contribution in [1.82, 2.24) is 16.0 Å². The standard InChI is InChI=1S/C10H19N3O2.ClH/c1-2-12-9(14)7-13-10(15)8-4-3-5-11-6-8;/h8,11H,2-7H2,1H3,(H,12,14)(H,13,15);1H/t8-;/m1./s1. The molecule has 0 aliphatic carbocycles. The molecule has 0 unspecified atom stereocenters. The van der Waals surface area contributed by atoms with Gasteiger partial charge in [-0.1, -0.05) is 0 Å². The molecule has 0 bridgehead atoms. The smallest absolute Gasteiger partial charge is 0.239 e. The van der Waals surface area contributed by atoms with Gasteiger partial charge in [-0.3, -0.25) is 9.59 Å². The molecule has 1 aliphatic rings. The normalized spacial score (nSPS) is 19.4. The summed E-state index contributed by atoms with van der Waals surface area (Å²) in [6.45, 7) is 4.25. The van der Waals surface area contributed by atoms with Gasteiger partial charge in [-0.25, -0.2) is 0 Å². The minimum absolute atomic E-state index is 0. The van der Waals surface area contributed by atoms with E-state index in [2.05, 4.69) is 16.0 Å². The number of hydrogen-bond donors (Lipinski definition) is 3. The molecule has 1 heterocycles. The summed E-state index contributed by atoms with van der Waals surface area (Å²) >= 11 is 0. The van der Waals surface area contributed by atoms with Crippen molar-refractivity contribution in [2.24, 2.45) is 5.92 Å². The molecular formula is C10H20ClN3O2. The quantitative estimate of drug-likeness (QED) is 0.639. The van der Waals surface area contributed by atoms with Crippen LogP contribution in [0.2, 0.25) is 0 Å². The third kappa shape index (κ3) is 5.32. The molecule has 1 atom stereocenters. The van der Waals surface area contributed by atoms with Crippen LogP contribution in [0.4, 0.5) is 0 Å². The summed E-state index contributed by atoms with van der Waals surface area (Å²) in [5.41, 5.74) is 0. The van der Waals surface area contributed by atoms with Gasteiger partial charge in [0.1, 0.15) is 0 Å². The van der Waals surface area contributed by atoms with E-state index in [4.69, 9.17) is 0 Å². The van der Waals surface area contributed by atoms with Gasteiger partial charge in [-0.2, -0.15) is 0 Å². The van der Waals surface area contributed by atoms with Gasteiger partial charge in [0, 0.05) is 13.1 Å². The molecule has 5 nitrogen and oxygen atoms in total. The second-order valence-corrected chi connectivity index (χ2v) is 3.71. The number of likely N-dealkylation sites (N-methyl/N-ethyl adjacent to an activating group) is 1. The highest BCUT2D eigenvalue weighted by Crippen LogP contribution is 2.09. The predicted octanol–water partition coefficient (Wildman–Crippen LogP) is -0.340. The molecule has 16 heavy (non-hydrogen) atoms. The van der Waals surface area contributed by atoms with Crippen molar-refractivity contribution >= 4 is 24.2 Å². The van der Waals surface area contributed by atoms with E-state index in [1.807, 2.05) is 6.92 Å². The molecule has 0 saturated carbocycles. The van der Waals surface area contributed by atoms with E-state index >= 15 is 0 Å². The second kappa shape index (κ2) is 8.35. The summed E-state index contributed by atoms with van der Waals surface area (Å²) in [7, 11) is 0. The Hall–Kier alpha value is -0.810. The summed E-state index contributed by atoms with van der Waals surface area (Å²) in [5, 5.41) is 8.45. The molecule has 6 heteroatoms. The Labute approximate surface area is 102 Å². The van der Waals surface area contributed by atoms with E-state index in [-0.39, 0.29) is 36.7 Å². The molecule has 94 valence electrons. The van der Waals surface area contributed by atoms with E-state index in [9.17, 15) is 9.59 Å². The summed E-state index contributed by atoms with van der Waals surface area (Å²) < 4.78 is 0. The van der Waals surface area contributed by atoms with E-state index in [1.54, 1.807) is 0 Å². The minimum atomic E-state index is -0.130. The zero-order valence-electron chi connectivity index (χ0n) is 9.54. The number of nitrogens with one attached hydrogen (secondary N) is 3. The van der Waals surface area contributed by atoms with Gasteiger partial charge in [0.05, 0.1) is 12.5 Å². The van der Waals surface area contributed by atoms with Crippen molar-refractivity contribution < 1.29 is 9.59 Å². The van der Waals surface area contributed by atoms with Gasteiger partial charge < -0.3 is 16.0 Å². The molecule has 0 spiro atoms. The Morgan fingerprint density at radius 3 is 2.69 bits per heavy atom. The van der Waals surface area contributed by atoms with Crippen LogP contribution in [0.5, 0.6) is 0 Å². The minimum Gasteiger partial charge on any atom is -0.355 e. The first-order chi connectivity index (χ1) is 7.24. The molecular weight excluding hydrogens is 230 g/mol. The van der Waals surface area contributed by atoms with Crippen LogP contribution in [0.25, 0.3) is 0 Å². The third-order valence-electron chi connectivity index (χ3n) is 2.46. The molecule has 2 amide bonds. The Bertz CT molecular complexity index is 230. The largest absolute Gasteiger partial charge is 0.355 e. The highest BCUT2D eigenvalue weighted by atomic mass is 35.5. The average Bonchev–Trinajstić information content (AvgIpc) is 2.27. The number of hydrogen-bond acceptors (Lipinski definition) is 3. The van der Waals surface area contributed by atoms with Crippen molar-refractivity contribution in [1.29, 1.82) is 0 Å². The number of carbonyl (C=O) groups is 2. The van der Waals surface area contributed by atoms with Gasteiger partial charge in [0.25, 0.3) is 0 Å². The maximum Gasteiger partial charge on any atom is 0.239 e. The highest BCUT2D eigenvalue weighted by Gasteiger charge is 2.20. The maximum absolute atomic E-state index is 11.6. The number of carbonyl (C=O) groups excluding carboxylic acids is 2. The number of amides is 2. The zero-order chi connectivity index (χ0) is 11.1. The van der Waals surface area contributed by atoms with Crippen LogP contribution in [0.1, 0.15) is 19.8 Å². The van der Waals surface area contributed by atoms with Crippen LogP contribution in [0, 0.1) is 5.92 Å².